The van der Waals surface area contributed by atoms with Gasteiger partial charge in [-0.2, -0.15) is 4.57 Å². The van der Waals surface area contributed by atoms with Crippen LogP contribution in [0.5, 0.6) is 0 Å². The number of nitrogens with zero attached hydrogens (tertiary/aromatic N) is 1. The number of carbonyl (C=O) groups is 1. The molecule has 22 heavy (non-hydrogen) atoms. The van der Waals surface area contributed by atoms with Crippen molar-refractivity contribution >= 4 is 11.6 Å². The van der Waals surface area contributed by atoms with Gasteiger partial charge in [-0.05, 0) is 18.2 Å². The third kappa shape index (κ3) is 3.58. The highest BCUT2D eigenvalue weighted by Crippen LogP contribution is 2.07. The highest BCUT2D eigenvalue weighted by atomic mass is 16.1. The Bertz CT molecular complexity index is 755. The summed E-state index contributed by atoms with van der Waals surface area (Å²) in [6.45, 7) is 0.743. The predicted molar refractivity (Wildman–Crippen MR) is 86.6 cm³/mol. The van der Waals surface area contributed by atoms with Crippen LogP contribution < -0.4 is 9.88 Å². The molecule has 0 aliphatic heterocycles. The molecule has 0 unspecified atom stereocenters. The van der Waals surface area contributed by atoms with Gasteiger partial charge in [-0.3, -0.25) is 4.79 Å². The number of hydrogen-bond acceptors (Lipinski definition) is 1. The van der Waals surface area contributed by atoms with Crippen molar-refractivity contribution in [2.45, 2.75) is 6.54 Å². The van der Waals surface area contributed by atoms with Gasteiger partial charge in [0.15, 0.2) is 18.9 Å². The van der Waals surface area contributed by atoms with E-state index in [0.29, 0.717) is 5.56 Å². The molecule has 108 valence electrons. The van der Waals surface area contributed by atoms with Crippen molar-refractivity contribution in [2.75, 3.05) is 5.32 Å². The zero-order valence-electron chi connectivity index (χ0n) is 12.1. The topological polar surface area (TPSA) is 33.0 Å². The van der Waals surface area contributed by atoms with Crippen molar-refractivity contribution in [1.29, 1.82) is 0 Å². The summed E-state index contributed by atoms with van der Waals surface area (Å²) >= 11 is 0. The second kappa shape index (κ2) is 6.68. The van der Waals surface area contributed by atoms with E-state index in [2.05, 4.69) is 17.4 Å². The van der Waals surface area contributed by atoms with Crippen LogP contribution in [0.1, 0.15) is 15.9 Å². The molecule has 3 heteroatoms. The molecule has 1 amide bonds. The Hall–Kier alpha value is -2.94. The van der Waals surface area contributed by atoms with Gasteiger partial charge in [0.2, 0.25) is 0 Å². The van der Waals surface area contributed by atoms with Crippen molar-refractivity contribution in [2.24, 2.45) is 0 Å². The maximum Gasteiger partial charge on any atom is 0.261 e. The fourth-order valence-corrected chi connectivity index (χ4v) is 2.27. The first-order valence-electron chi connectivity index (χ1n) is 7.21. The van der Waals surface area contributed by atoms with Gasteiger partial charge in [-0.1, -0.05) is 48.5 Å². The number of para-hydroxylation sites is 1. The SMILES string of the molecule is O=C(Nc1ccccc1)c1ccc[n+](Cc2ccccc2)c1. The van der Waals surface area contributed by atoms with E-state index in [1.807, 2.05) is 77.6 Å². The molecule has 1 aromatic heterocycles. The fourth-order valence-electron chi connectivity index (χ4n) is 2.27. The quantitative estimate of drug-likeness (QED) is 0.735. The minimum atomic E-state index is -0.103. The van der Waals surface area contributed by atoms with E-state index in [4.69, 9.17) is 0 Å². The summed E-state index contributed by atoms with van der Waals surface area (Å²) in [5.74, 6) is -0.103. The first kappa shape index (κ1) is 14.0. The summed E-state index contributed by atoms with van der Waals surface area (Å²) in [5, 5.41) is 2.90. The van der Waals surface area contributed by atoms with Crippen LogP contribution in [0.3, 0.4) is 0 Å². The van der Waals surface area contributed by atoms with Crippen molar-refractivity contribution in [3.8, 4) is 0 Å². The molecule has 0 saturated heterocycles. The largest absolute Gasteiger partial charge is 0.322 e. The Morgan fingerprint density at radius 1 is 0.864 bits per heavy atom. The van der Waals surface area contributed by atoms with Crippen molar-refractivity contribution < 1.29 is 9.36 Å². The average Bonchev–Trinajstić information content (AvgIpc) is 2.57. The normalized spacial score (nSPS) is 10.2. The van der Waals surface area contributed by atoms with Crippen LogP contribution in [0.15, 0.2) is 85.2 Å². The number of nitrogens with one attached hydrogen (secondary N) is 1. The summed E-state index contributed by atoms with van der Waals surface area (Å²) in [6.07, 6.45) is 3.83. The molecule has 3 nitrogen and oxygen atoms in total. The van der Waals surface area contributed by atoms with Crippen LogP contribution >= 0.6 is 0 Å². The molecule has 0 spiro atoms. The van der Waals surface area contributed by atoms with E-state index in [1.54, 1.807) is 0 Å². The second-order valence-corrected chi connectivity index (χ2v) is 5.07. The lowest BCUT2D eigenvalue weighted by Gasteiger charge is -2.04. The Morgan fingerprint density at radius 3 is 2.27 bits per heavy atom. The lowest BCUT2D eigenvalue weighted by atomic mass is 10.2. The van der Waals surface area contributed by atoms with Gasteiger partial charge in [0.05, 0.1) is 0 Å². The van der Waals surface area contributed by atoms with E-state index >= 15 is 0 Å². The summed E-state index contributed by atoms with van der Waals surface area (Å²) in [6, 6.07) is 23.4. The number of benzene rings is 2. The minimum Gasteiger partial charge on any atom is -0.322 e. The van der Waals surface area contributed by atoms with E-state index in [-0.39, 0.29) is 5.91 Å². The predicted octanol–water partition coefficient (Wildman–Crippen LogP) is 3.27. The lowest BCUT2D eigenvalue weighted by Crippen LogP contribution is -2.34. The van der Waals surface area contributed by atoms with Gasteiger partial charge < -0.3 is 5.32 Å². The molecule has 0 aliphatic carbocycles. The molecule has 1 N–H and O–H groups in total. The second-order valence-electron chi connectivity index (χ2n) is 5.07. The Kier molecular flexibility index (Phi) is 4.25. The molecule has 3 rings (SSSR count). The lowest BCUT2D eigenvalue weighted by molar-refractivity contribution is -0.688. The zero-order valence-corrected chi connectivity index (χ0v) is 12.1. The van der Waals surface area contributed by atoms with Gasteiger partial charge >= 0.3 is 0 Å². The first-order chi connectivity index (χ1) is 10.8. The molecule has 0 saturated carbocycles. The maximum absolute atomic E-state index is 12.3. The molecule has 1 heterocycles. The maximum atomic E-state index is 12.3. The van der Waals surface area contributed by atoms with Gasteiger partial charge in [0.1, 0.15) is 5.56 Å². The van der Waals surface area contributed by atoms with Gasteiger partial charge in [0, 0.05) is 17.3 Å². The minimum absolute atomic E-state index is 0.103. The summed E-state index contributed by atoms with van der Waals surface area (Å²) in [4.78, 5) is 12.3. The van der Waals surface area contributed by atoms with Crippen molar-refractivity contribution in [3.63, 3.8) is 0 Å². The van der Waals surface area contributed by atoms with Crippen LogP contribution in [0.2, 0.25) is 0 Å². The zero-order chi connectivity index (χ0) is 15.2. The van der Waals surface area contributed by atoms with Crippen molar-refractivity contribution in [3.05, 3.63) is 96.3 Å². The van der Waals surface area contributed by atoms with E-state index in [0.717, 1.165) is 12.2 Å². The summed E-state index contributed by atoms with van der Waals surface area (Å²) in [7, 11) is 0. The van der Waals surface area contributed by atoms with Gasteiger partial charge in [0.25, 0.3) is 5.91 Å². The van der Waals surface area contributed by atoms with E-state index in [9.17, 15) is 4.79 Å². The summed E-state index contributed by atoms with van der Waals surface area (Å²) < 4.78 is 2.01. The molecule has 0 atom stereocenters. The Morgan fingerprint density at radius 2 is 1.55 bits per heavy atom. The summed E-state index contributed by atoms with van der Waals surface area (Å²) in [5.41, 5.74) is 2.64. The highest BCUT2D eigenvalue weighted by Gasteiger charge is 2.11. The van der Waals surface area contributed by atoms with E-state index in [1.165, 1.54) is 5.56 Å². The Balaban J connectivity index is 1.75. The van der Waals surface area contributed by atoms with Gasteiger partial charge in [-0.15, -0.1) is 0 Å². The molecule has 3 aromatic rings. The molecule has 0 radical (unpaired) electrons. The Labute approximate surface area is 129 Å². The molecule has 0 fully saturated rings. The number of amides is 1. The molecular weight excluding hydrogens is 272 g/mol. The average molecular weight is 289 g/mol. The third-order valence-corrected chi connectivity index (χ3v) is 3.36. The number of aromatic nitrogens is 1. The molecule has 2 aromatic carbocycles. The number of anilines is 1. The molecular formula is C19H17N2O+. The smallest absolute Gasteiger partial charge is 0.261 e. The van der Waals surface area contributed by atoms with Crippen LogP contribution in [-0.2, 0) is 6.54 Å². The monoisotopic (exact) mass is 289 g/mol. The highest BCUT2D eigenvalue weighted by molar-refractivity contribution is 6.03. The van der Waals surface area contributed by atoms with Crippen LogP contribution in [0, 0.1) is 0 Å². The van der Waals surface area contributed by atoms with Gasteiger partial charge in [-0.25, -0.2) is 0 Å². The van der Waals surface area contributed by atoms with Crippen LogP contribution in [-0.4, -0.2) is 5.91 Å². The van der Waals surface area contributed by atoms with Crippen molar-refractivity contribution in [1.82, 2.24) is 0 Å². The fraction of sp³-hybridized carbons (Fsp3) is 0.0526. The number of rotatable bonds is 4. The van der Waals surface area contributed by atoms with Crippen LogP contribution in [0.4, 0.5) is 5.69 Å². The number of hydrogen-bond donors (Lipinski definition) is 1. The number of pyridine rings is 1. The number of carbonyl (C=O) groups excluding carboxylic acids is 1. The standard InChI is InChI=1S/C19H16N2O/c22-19(20-18-11-5-2-6-12-18)17-10-7-13-21(15-17)14-16-8-3-1-4-9-16/h1-13,15H,14H2/p+1. The molecule has 0 bridgehead atoms. The third-order valence-electron chi connectivity index (χ3n) is 3.36. The first-order valence-corrected chi connectivity index (χ1v) is 7.21. The van der Waals surface area contributed by atoms with E-state index < -0.39 is 0 Å². The van der Waals surface area contributed by atoms with Crippen LogP contribution in [0.25, 0.3) is 0 Å². The molecule has 0 aliphatic rings.